The number of hydrogen-bond acceptors (Lipinski definition) is 4. The molecule has 2 aromatic carbocycles. The zero-order valence-electron chi connectivity index (χ0n) is 15.1. The van der Waals surface area contributed by atoms with Gasteiger partial charge in [0.15, 0.2) is 0 Å². The molecule has 140 valence electrons. The molecule has 0 fully saturated rings. The number of aromatic amines is 1. The minimum absolute atomic E-state index is 0.0963. The number of aryl methyl sites for hydroxylation is 2. The van der Waals surface area contributed by atoms with Crippen LogP contribution in [0.1, 0.15) is 23.4 Å². The average molecular weight is 408 g/mol. The Morgan fingerprint density at radius 2 is 1.89 bits per heavy atom. The monoisotopic (exact) mass is 407 g/mol. The first-order valence-electron chi connectivity index (χ1n) is 9.30. The maximum Gasteiger partial charge on any atom is 0.268 e. The van der Waals surface area contributed by atoms with Crippen molar-refractivity contribution in [3.05, 3.63) is 80.9 Å². The molecule has 0 aliphatic heterocycles. The van der Waals surface area contributed by atoms with Crippen molar-refractivity contribution in [2.24, 2.45) is 0 Å². The first kappa shape index (κ1) is 17.5. The van der Waals surface area contributed by atoms with Crippen LogP contribution < -0.4 is 10.9 Å². The van der Waals surface area contributed by atoms with Gasteiger partial charge in [-0.15, -0.1) is 11.3 Å². The number of rotatable bonds is 4. The lowest BCUT2D eigenvalue weighted by molar-refractivity contribution is 0.911. The van der Waals surface area contributed by atoms with Crippen molar-refractivity contribution < 1.29 is 0 Å². The predicted molar refractivity (Wildman–Crippen MR) is 116 cm³/mol. The standard InChI is InChI=1S/C22H18ClN3OS/c23-16-7-4-14(5-8-16)19-11-18-21(28-19)22(27)26-20(25-18)12-24-17-9-6-13-2-1-3-15(13)10-17/h4-11,24H,1-3,12H2,(H,25,26,27). The lowest BCUT2D eigenvalue weighted by Crippen LogP contribution is -2.13. The Balaban J connectivity index is 1.41. The summed E-state index contributed by atoms with van der Waals surface area (Å²) in [5.74, 6) is 0.637. The Morgan fingerprint density at radius 1 is 1.07 bits per heavy atom. The van der Waals surface area contributed by atoms with Gasteiger partial charge in [0.25, 0.3) is 5.56 Å². The van der Waals surface area contributed by atoms with Gasteiger partial charge in [0, 0.05) is 15.6 Å². The van der Waals surface area contributed by atoms with Crippen LogP contribution in [0.5, 0.6) is 0 Å². The number of H-pyrrole nitrogens is 1. The van der Waals surface area contributed by atoms with E-state index in [1.54, 1.807) is 0 Å². The van der Waals surface area contributed by atoms with E-state index in [1.165, 1.54) is 35.3 Å². The SMILES string of the molecule is O=c1[nH]c(CNc2ccc3c(c2)CCC3)nc2cc(-c3ccc(Cl)cc3)sc12. The number of nitrogens with zero attached hydrogens (tertiary/aromatic N) is 1. The van der Waals surface area contributed by atoms with Crippen molar-refractivity contribution in [2.75, 3.05) is 5.32 Å². The third-order valence-corrected chi connectivity index (χ3v) is 6.54. The molecule has 0 radical (unpaired) electrons. The lowest BCUT2D eigenvalue weighted by Gasteiger charge is -2.08. The molecule has 4 aromatic rings. The summed E-state index contributed by atoms with van der Waals surface area (Å²) in [7, 11) is 0. The number of halogens is 1. The second-order valence-electron chi connectivity index (χ2n) is 7.04. The molecule has 0 atom stereocenters. The van der Waals surface area contributed by atoms with E-state index in [2.05, 4.69) is 33.5 Å². The second kappa shape index (κ2) is 7.08. The van der Waals surface area contributed by atoms with Gasteiger partial charge in [-0.05, 0) is 66.3 Å². The molecule has 28 heavy (non-hydrogen) atoms. The van der Waals surface area contributed by atoms with Crippen molar-refractivity contribution in [3.63, 3.8) is 0 Å². The van der Waals surface area contributed by atoms with Crippen LogP contribution in [0.25, 0.3) is 20.7 Å². The number of anilines is 1. The topological polar surface area (TPSA) is 57.8 Å². The van der Waals surface area contributed by atoms with Gasteiger partial charge in [-0.25, -0.2) is 4.98 Å². The van der Waals surface area contributed by atoms with Gasteiger partial charge in [0.1, 0.15) is 10.5 Å². The molecule has 1 aliphatic rings. The fourth-order valence-electron chi connectivity index (χ4n) is 3.70. The van der Waals surface area contributed by atoms with E-state index in [0.717, 1.165) is 28.1 Å². The van der Waals surface area contributed by atoms with Gasteiger partial charge in [-0.1, -0.05) is 29.8 Å². The minimum Gasteiger partial charge on any atom is -0.378 e. The van der Waals surface area contributed by atoms with Gasteiger partial charge in [0.2, 0.25) is 0 Å². The molecular weight excluding hydrogens is 390 g/mol. The third kappa shape index (κ3) is 3.32. The quantitative estimate of drug-likeness (QED) is 0.475. The van der Waals surface area contributed by atoms with Crippen LogP contribution in [0.2, 0.25) is 5.02 Å². The number of aromatic nitrogens is 2. The fourth-order valence-corrected chi connectivity index (χ4v) is 4.82. The first-order chi connectivity index (χ1) is 13.7. The van der Waals surface area contributed by atoms with E-state index < -0.39 is 0 Å². The number of fused-ring (bicyclic) bond motifs is 2. The van der Waals surface area contributed by atoms with Crippen LogP contribution in [0.4, 0.5) is 5.69 Å². The maximum atomic E-state index is 12.5. The highest BCUT2D eigenvalue weighted by Crippen LogP contribution is 2.31. The van der Waals surface area contributed by atoms with Crippen LogP contribution in [-0.4, -0.2) is 9.97 Å². The normalized spacial score (nSPS) is 13.0. The summed E-state index contributed by atoms with van der Waals surface area (Å²) in [5, 5.41) is 4.08. The van der Waals surface area contributed by atoms with E-state index in [9.17, 15) is 4.79 Å². The molecule has 0 spiro atoms. The van der Waals surface area contributed by atoms with Crippen LogP contribution in [0, 0.1) is 0 Å². The highest BCUT2D eigenvalue weighted by Gasteiger charge is 2.12. The van der Waals surface area contributed by atoms with Crippen molar-refractivity contribution in [2.45, 2.75) is 25.8 Å². The van der Waals surface area contributed by atoms with E-state index in [4.69, 9.17) is 11.6 Å². The molecule has 1 aliphatic carbocycles. The molecule has 0 saturated carbocycles. The average Bonchev–Trinajstić information content (AvgIpc) is 3.33. The van der Waals surface area contributed by atoms with Gasteiger partial charge < -0.3 is 10.3 Å². The summed E-state index contributed by atoms with van der Waals surface area (Å²) in [5.41, 5.74) is 5.60. The summed E-state index contributed by atoms with van der Waals surface area (Å²) in [6.07, 6.45) is 3.56. The zero-order chi connectivity index (χ0) is 19.1. The maximum absolute atomic E-state index is 12.5. The van der Waals surface area contributed by atoms with Gasteiger partial charge >= 0.3 is 0 Å². The predicted octanol–water partition coefficient (Wildman–Crippen LogP) is 5.41. The highest BCUT2D eigenvalue weighted by atomic mass is 35.5. The lowest BCUT2D eigenvalue weighted by atomic mass is 10.1. The van der Waals surface area contributed by atoms with Crippen LogP contribution in [-0.2, 0) is 19.4 Å². The van der Waals surface area contributed by atoms with Gasteiger partial charge in [-0.3, -0.25) is 4.79 Å². The smallest absolute Gasteiger partial charge is 0.268 e. The Labute approximate surface area is 171 Å². The number of hydrogen-bond donors (Lipinski definition) is 2. The first-order valence-corrected chi connectivity index (χ1v) is 10.5. The Kier molecular flexibility index (Phi) is 4.41. The molecule has 0 saturated heterocycles. The molecule has 2 aromatic heterocycles. The third-order valence-electron chi connectivity index (χ3n) is 5.12. The summed E-state index contributed by atoms with van der Waals surface area (Å²) in [4.78, 5) is 21.1. The molecule has 0 amide bonds. The summed E-state index contributed by atoms with van der Waals surface area (Å²) < 4.78 is 0.645. The fraction of sp³-hybridized carbons (Fsp3) is 0.182. The Morgan fingerprint density at radius 3 is 2.75 bits per heavy atom. The van der Waals surface area contributed by atoms with E-state index >= 15 is 0 Å². The largest absolute Gasteiger partial charge is 0.378 e. The summed E-state index contributed by atoms with van der Waals surface area (Å²) in [6, 6.07) is 16.1. The number of thiophene rings is 1. The highest BCUT2D eigenvalue weighted by molar-refractivity contribution is 7.22. The zero-order valence-corrected chi connectivity index (χ0v) is 16.7. The molecular formula is C22H18ClN3OS. The van der Waals surface area contributed by atoms with Crippen LogP contribution in [0.3, 0.4) is 0 Å². The summed E-state index contributed by atoms with van der Waals surface area (Å²) in [6.45, 7) is 0.482. The number of benzene rings is 2. The Bertz CT molecular complexity index is 1230. The van der Waals surface area contributed by atoms with Crippen molar-refractivity contribution >= 4 is 38.8 Å². The van der Waals surface area contributed by atoms with Crippen molar-refractivity contribution in [1.82, 2.24) is 9.97 Å². The molecule has 2 N–H and O–H groups in total. The van der Waals surface area contributed by atoms with Gasteiger partial charge in [-0.2, -0.15) is 0 Å². The van der Waals surface area contributed by atoms with Crippen LogP contribution >= 0.6 is 22.9 Å². The molecule has 4 nitrogen and oxygen atoms in total. The van der Waals surface area contributed by atoms with E-state index in [-0.39, 0.29) is 5.56 Å². The molecule has 6 heteroatoms. The molecule has 0 unspecified atom stereocenters. The van der Waals surface area contributed by atoms with Crippen molar-refractivity contribution in [3.8, 4) is 10.4 Å². The number of nitrogens with one attached hydrogen (secondary N) is 2. The van der Waals surface area contributed by atoms with Gasteiger partial charge in [0.05, 0.1) is 12.1 Å². The second-order valence-corrected chi connectivity index (χ2v) is 8.52. The van der Waals surface area contributed by atoms with Crippen molar-refractivity contribution in [1.29, 1.82) is 0 Å². The molecule has 5 rings (SSSR count). The Hall–Kier alpha value is -2.63. The molecule has 0 bridgehead atoms. The van der Waals surface area contributed by atoms with Crippen LogP contribution in [0.15, 0.2) is 53.3 Å². The summed E-state index contributed by atoms with van der Waals surface area (Å²) >= 11 is 7.42. The van der Waals surface area contributed by atoms with E-state index in [1.807, 2.05) is 30.3 Å². The minimum atomic E-state index is -0.0963. The molecule has 2 heterocycles. The van der Waals surface area contributed by atoms with E-state index in [0.29, 0.717) is 22.1 Å².